The molecule has 1 heterocycles. The monoisotopic (exact) mass is 409 g/mol. The van der Waals surface area contributed by atoms with Gasteiger partial charge in [0.15, 0.2) is 5.96 Å². The Balaban J connectivity index is 1.53. The second-order valence-electron chi connectivity index (χ2n) is 7.68. The van der Waals surface area contributed by atoms with Crippen LogP contribution in [0.15, 0.2) is 59.6 Å². The highest BCUT2D eigenvalue weighted by atomic mass is 16.5. The molecule has 0 amide bonds. The highest BCUT2D eigenvalue weighted by molar-refractivity contribution is 5.80. The van der Waals surface area contributed by atoms with Crippen molar-refractivity contribution >= 4 is 5.96 Å². The molecule has 1 saturated heterocycles. The minimum Gasteiger partial charge on any atom is -0.377 e. The summed E-state index contributed by atoms with van der Waals surface area (Å²) in [5.74, 6) is 1.54. The Bertz CT molecular complexity index is 779. The van der Waals surface area contributed by atoms with Crippen molar-refractivity contribution < 1.29 is 9.47 Å². The van der Waals surface area contributed by atoms with Gasteiger partial charge in [0.25, 0.3) is 0 Å². The first-order valence-corrected chi connectivity index (χ1v) is 11.1. The lowest BCUT2D eigenvalue weighted by molar-refractivity contribution is 0.0906. The van der Waals surface area contributed by atoms with E-state index in [1.165, 1.54) is 16.7 Å². The molecule has 1 N–H and O–H groups in total. The first-order valence-electron chi connectivity index (χ1n) is 11.1. The van der Waals surface area contributed by atoms with Crippen LogP contribution in [-0.4, -0.2) is 43.7 Å². The zero-order chi connectivity index (χ0) is 21.0. The summed E-state index contributed by atoms with van der Waals surface area (Å²) in [4.78, 5) is 7.30. The molecule has 1 aliphatic heterocycles. The number of nitrogens with zero attached hydrogens (tertiary/aromatic N) is 2. The molecule has 30 heavy (non-hydrogen) atoms. The number of ether oxygens (including phenoxy) is 2. The number of hydrogen-bond donors (Lipinski definition) is 1. The van der Waals surface area contributed by atoms with Crippen LogP contribution < -0.4 is 5.32 Å². The van der Waals surface area contributed by atoms with E-state index in [1.807, 2.05) is 13.0 Å². The maximum absolute atomic E-state index is 5.97. The number of rotatable bonds is 10. The highest BCUT2D eigenvalue weighted by Gasteiger charge is 2.25. The van der Waals surface area contributed by atoms with Crippen LogP contribution in [0, 0.1) is 5.92 Å². The van der Waals surface area contributed by atoms with Crippen LogP contribution in [0.4, 0.5) is 0 Å². The minimum atomic E-state index is 0.544. The summed E-state index contributed by atoms with van der Waals surface area (Å²) in [6, 6.07) is 18.8. The smallest absolute Gasteiger partial charge is 0.194 e. The molecule has 162 valence electrons. The van der Waals surface area contributed by atoms with Crippen molar-refractivity contribution in [2.75, 3.05) is 32.8 Å². The van der Waals surface area contributed by atoms with Crippen LogP contribution in [0.1, 0.15) is 37.0 Å². The van der Waals surface area contributed by atoms with Gasteiger partial charge >= 0.3 is 0 Å². The summed E-state index contributed by atoms with van der Waals surface area (Å²) in [6.45, 7) is 10.5. The van der Waals surface area contributed by atoms with Crippen molar-refractivity contribution in [3.05, 3.63) is 71.3 Å². The van der Waals surface area contributed by atoms with Gasteiger partial charge in [-0.05, 0) is 37.0 Å². The topological polar surface area (TPSA) is 46.1 Å². The van der Waals surface area contributed by atoms with E-state index in [-0.39, 0.29) is 0 Å². The van der Waals surface area contributed by atoms with Crippen molar-refractivity contribution in [3.8, 4) is 0 Å². The SMILES string of the molecule is CCNC(=NCc1ccccc1COCC)N1CCC(COCc2ccccc2)C1. The Labute approximate surface area is 181 Å². The van der Waals surface area contributed by atoms with Crippen molar-refractivity contribution in [2.45, 2.75) is 40.0 Å². The summed E-state index contributed by atoms with van der Waals surface area (Å²) in [5.41, 5.74) is 3.67. The fourth-order valence-electron chi connectivity index (χ4n) is 3.73. The standard InChI is InChI=1S/C25H35N3O2/c1-3-26-25(27-16-23-12-8-9-13-24(23)20-29-4-2)28-15-14-22(17-28)19-30-18-21-10-6-5-7-11-21/h5-13,22H,3-4,14-20H2,1-2H3,(H,26,27). The van der Waals surface area contributed by atoms with Crippen LogP contribution in [0.2, 0.25) is 0 Å². The van der Waals surface area contributed by atoms with Crippen molar-refractivity contribution in [2.24, 2.45) is 10.9 Å². The third kappa shape index (κ3) is 6.85. The molecule has 0 bridgehead atoms. The number of guanidine groups is 1. The average Bonchev–Trinajstić information content (AvgIpc) is 3.25. The fourth-order valence-corrected chi connectivity index (χ4v) is 3.73. The van der Waals surface area contributed by atoms with E-state index in [4.69, 9.17) is 14.5 Å². The van der Waals surface area contributed by atoms with Crippen LogP contribution in [-0.2, 0) is 29.2 Å². The number of aliphatic imine (C=N–C) groups is 1. The quantitative estimate of drug-likeness (QED) is 0.471. The van der Waals surface area contributed by atoms with Gasteiger partial charge in [-0.3, -0.25) is 0 Å². The Hall–Kier alpha value is -2.37. The molecule has 1 fully saturated rings. The Morgan fingerprint density at radius 3 is 2.53 bits per heavy atom. The van der Waals surface area contributed by atoms with Gasteiger partial charge in [0.2, 0.25) is 0 Å². The Kier molecular flexibility index (Phi) is 9.19. The van der Waals surface area contributed by atoms with Gasteiger partial charge in [-0.2, -0.15) is 0 Å². The lowest BCUT2D eigenvalue weighted by Gasteiger charge is -2.22. The van der Waals surface area contributed by atoms with Crippen molar-refractivity contribution in [1.29, 1.82) is 0 Å². The molecule has 2 aromatic carbocycles. The molecular weight excluding hydrogens is 374 g/mol. The van der Waals surface area contributed by atoms with E-state index >= 15 is 0 Å². The van der Waals surface area contributed by atoms with Crippen molar-refractivity contribution in [3.63, 3.8) is 0 Å². The third-order valence-corrected chi connectivity index (χ3v) is 5.36. The average molecular weight is 410 g/mol. The first-order chi connectivity index (χ1) is 14.8. The van der Waals surface area contributed by atoms with Gasteiger partial charge in [0.1, 0.15) is 0 Å². The zero-order valence-corrected chi connectivity index (χ0v) is 18.3. The predicted molar refractivity (Wildman–Crippen MR) is 122 cm³/mol. The maximum Gasteiger partial charge on any atom is 0.194 e. The van der Waals surface area contributed by atoms with E-state index in [1.54, 1.807) is 0 Å². The van der Waals surface area contributed by atoms with Gasteiger partial charge in [-0.25, -0.2) is 4.99 Å². The minimum absolute atomic E-state index is 0.544. The van der Waals surface area contributed by atoms with Crippen LogP contribution in [0.3, 0.4) is 0 Å². The molecule has 3 rings (SSSR count). The summed E-state index contributed by atoms with van der Waals surface area (Å²) >= 11 is 0. The van der Waals surface area contributed by atoms with Crippen molar-refractivity contribution in [1.82, 2.24) is 10.2 Å². The first kappa shape index (κ1) is 22.3. The second kappa shape index (κ2) is 12.4. The highest BCUT2D eigenvalue weighted by Crippen LogP contribution is 2.18. The molecule has 0 radical (unpaired) electrons. The lowest BCUT2D eigenvalue weighted by atomic mass is 10.1. The van der Waals surface area contributed by atoms with Crippen LogP contribution in [0.5, 0.6) is 0 Å². The van der Waals surface area contributed by atoms with E-state index in [9.17, 15) is 0 Å². The molecule has 5 nitrogen and oxygen atoms in total. The molecule has 1 aliphatic rings. The number of likely N-dealkylation sites (tertiary alicyclic amines) is 1. The van der Waals surface area contributed by atoms with Gasteiger partial charge in [0.05, 0.1) is 26.4 Å². The number of nitrogens with one attached hydrogen (secondary N) is 1. The lowest BCUT2D eigenvalue weighted by Crippen LogP contribution is -2.40. The van der Waals surface area contributed by atoms with E-state index in [2.05, 4.69) is 65.7 Å². The molecular formula is C25H35N3O2. The van der Waals surface area contributed by atoms with Gasteiger partial charge in [0, 0.05) is 32.2 Å². The zero-order valence-electron chi connectivity index (χ0n) is 18.3. The molecule has 0 saturated carbocycles. The van der Waals surface area contributed by atoms with E-state index < -0.39 is 0 Å². The van der Waals surface area contributed by atoms with Crippen LogP contribution in [0.25, 0.3) is 0 Å². The number of benzene rings is 2. The Morgan fingerprint density at radius 2 is 1.77 bits per heavy atom. The van der Waals surface area contributed by atoms with E-state index in [0.29, 0.717) is 25.7 Å². The summed E-state index contributed by atoms with van der Waals surface area (Å²) in [7, 11) is 0. The molecule has 5 heteroatoms. The maximum atomic E-state index is 5.97. The molecule has 0 aromatic heterocycles. The molecule has 1 atom stereocenters. The Morgan fingerprint density at radius 1 is 1.00 bits per heavy atom. The largest absolute Gasteiger partial charge is 0.377 e. The fraction of sp³-hybridized carbons (Fsp3) is 0.480. The normalized spacial score (nSPS) is 16.8. The second-order valence-corrected chi connectivity index (χ2v) is 7.68. The van der Waals surface area contributed by atoms with Crippen LogP contribution >= 0.6 is 0 Å². The summed E-state index contributed by atoms with van der Waals surface area (Å²) < 4.78 is 11.6. The van der Waals surface area contributed by atoms with Gasteiger partial charge in [-0.1, -0.05) is 54.6 Å². The van der Waals surface area contributed by atoms with E-state index in [0.717, 1.165) is 45.2 Å². The third-order valence-electron chi connectivity index (χ3n) is 5.36. The van der Waals surface area contributed by atoms with Gasteiger partial charge in [-0.15, -0.1) is 0 Å². The summed E-state index contributed by atoms with van der Waals surface area (Å²) in [6.07, 6.45) is 1.14. The molecule has 2 aromatic rings. The number of hydrogen-bond acceptors (Lipinski definition) is 3. The molecule has 0 aliphatic carbocycles. The predicted octanol–water partition coefficient (Wildman–Crippen LogP) is 4.23. The van der Waals surface area contributed by atoms with Gasteiger partial charge < -0.3 is 19.7 Å². The molecule has 0 spiro atoms. The summed E-state index contributed by atoms with van der Waals surface area (Å²) in [5, 5.41) is 3.46. The molecule has 1 unspecified atom stereocenters.